The number of nitrogens with zero attached hydrogens (tertiary/aromatic N) is 3. The van der Waals surface area contributed by atoms with Crippen LogP contribution in [0, 0.1) is 22.7 Å². The highest BCUT2D eigenvalue weighted by Crippen LogP contribution is 2.21. The van der Waals surface area contributed by atoms with Gasteiger partial charge < -0.3 is 9.84 Å². The molecule has 1 aromatic heterocycles. The average Bonchev–Trinajstić information content (AvgIpc) is 2.64. The lowest BCUT2D eigenvalue weighted by Gasteiger charge is -2.04. The van der Waals surface area contributed by atoms with Crippen molar-refractivity contribution < 1.29 is 9.84 Å². The SMILES string of the molecule is N#Cc1cccc(O)c1.N#Cc1cccc(Oc2ccc(Cl)cn2)c1. The molecule has 25 heavy (non-hydrogen) atoms. The lowest BCUT2D eigenvalue weighted by Crippen LogP contribution is -1.87. The number of aromatic nitrogens is 1. The van der Waals surface area contributed by atoms with Gasteiger partial charge in [-0.15, -0.1) is 0 Å². The number of phenols is 1. The van der Waals surface area contributed by atoms with Crippen LogP contribution < -0.4 is 4.74 Å². The number of nitriles is 2. The summed E-state index contributed by atoms with van der Waals surface area (Å²) in [7, 11) is 0. The topological polar surface area (TPSA) is 89.9 Å². The first-order valence-electron chi connectivity index (χ1n) is 7.09. The number of benzene rings is 2. The summed E-state index contributed by atoms with van der Waals surface area (Å²) in [4.78, 5) is 3.99. The fourth-order valence-corrected chi connectivity index (χ4v) is 1.86. The van der Waals surface area contributed by atoms with Crippen LogP contribution in [0.15, 0.2) is 66.9 Å². The van der Waals surface area contributed by atoms with Gasteiger partial charge in [-0.2, -0.15) is 10.5 Å². The summed E-state index contributed by atoms with van der Waals surface area (Å²) in [6.07, 6.45) is 1.50. The van der Waals surface area contributed by atoms with Gasteiger partial charge in [0.25, 0.3) is 0 Å². The van der Waals surface area contributed by atoms with Crippen LogP contribution >= 0.6 is 11.6 Å². The number of rotatable bonds is 2. The molecule has 0 aliphatic heterocycles. The van der Waals surface area contributed by atoms with Gasteiger partial charge in [0.15, 0.2) is 0 Å². The van der Waals surface area contributed by atoms with Crippen LogP contribution in [0.2, 0.25) is 5.02 Å². The van der Waals surface area contributed by atoms with Crippen molar-refractivity contribution in [1.82, 2.24) is 4.98 Å². The Morgan fingerprint density at radius 2 is 1.60 bits per heavy atom. The first kappa shape index (κ1) is 17.8. The van der Waals surface area contributed by atoms with Crippen LogP contribution in [-0.4, -0.2) is 10.1 Å². The van der Waals surface area contributed by atoms with E-state index in [1.807, 2.05) is 12.1 Å². The molecule has 5 nitrogen and oxygen atoms in total. The van der Waals surface area contributed by atoms with Gasteiger partial charge >= 0.3 is 0 Å². The second kappa shape index (κ2) is 8.93. The standard InChI is InChI=1S/C12H7ClN2O.C7H5NO/c13-10-4-5-12(15-8-10)16-11-3-1-2-9(6-11)7-14;8-5-6-2-1-3-7(9)4-6/h1-6,8H;1-4,9H. The Balaban J connectivity index is 0.000000212. The first-order valence-corrected chi connectivity index (χ1v) is 7.47. The normalized spacial score (nSPS) is 9.08. The average molecular weight is 350 g/mol. The van der Waals surface area contributed by atoms with Crippen molar-refractivity contribution in [2.24, 2.45) is 0 Å². The Bertz CT molecular complexity index is 928. The highest BCUT2D eigenvalue weighted by atomic mass is 35.5. The lowest BCUT2D eigenvalue weighted by molar-refractivity contribution is 0.463. The van der Waals surface area contributed by atoms with Crippen LogP contribution in [-0.2, 0) is 0 Å². The molecule has 0 fully saturated rings. The molecule has 122 valence electrons. The Morgan fingerprint density at radius 3 is 2.16 bits per heavy atom. The number of pyridine rings is 1. The Kier molecular flexibility index (Phi) is 6.36. The highest BCUT2D eigenvalue weighted by molar-refractivity contribution is 6.30. The zero-order chi connectivity index (χ0) is 18.1. The van der Waals surface area contributed by atoms with Crippen molar-refractivity contribution in [3.63, 3.8) is 0 Å². The number of hydrogen-bond acceptors (Lipinski definition) is 5. The summed E-state index contributed by atoms with van der Waals surface area (Å²) in [5.41, 5.74) is 1.03. The van der Waals surface area contributed by atoms with Crippen LogP contribution in [0.1, 0.15) is 11.1 Å². The summed E-state index contributed by atoms with van der Waals surface area (Å²) >= 11 is 5.70. The molecule has 0 saturated heterocycles. The zero-order valence-corrected chi connectivity index (χ0v) is 13.7. The predicted octanol–water partition coefficient (Wildman–Crippen LogP) is 4.66. The molecule has 0 aliphatic carbocycles. The summed E-state index contributed by atoms with van der Waals surface area (Å²) in [5, 5.41) is 26.4. The van der Waals surface area contributed by atoms with Crippen molar-refractivity contribution in [2.75, 3.05) is 0 Å². The van der Waals surface area contributed by atoms with E-state index in [1.165, 1.54) is 18.3 Å². The molecule has 3 aromatic rings. The zero-order valence-electron chi connectivity index (χ0n) is 12.9. The molecule has 1 N–H and O–H groups in total. The van der Waals surface area contributed by atoms with Gasteiger partial charge in [-0.1, -0.05) is 23.7 Å². The summed E-state index contributed by atoms with van der Waals surface area (Å²) in [6, 6.07) is 20.4. The maximum Gasteiger partial charge on any atom is 0.219 e. The van der Waals surface area contributed by atoms with Crippen molar-refractivity contribution in [1.29, 1.82) is 10.5 Å². The molecule has 0 spiro atoms. The van der Waals surface area contributed by atoms with Gasteiger partial charge in [0, 0.05) is 12.3 Å². The van der Waals surface area contributed by atoms with Gasteiger partial charge in [-0.25, -0.2) is 4.98 Å². The smallest absolute Gasteiger partial charge is 0.219 e. The molecule has 0 unspecified atom stereocenters. The van der Waals surface area contributed by atoms with Gasteiger partial charge in [0.1, 0.15) is 11.5 Å². The third-order valence-corrected chi connectivity index (χ3v) is 3.08. The fraction of sp³-hybridized carbons (Fsp3) is 0. The van der Waals surface area contributed by atoms with Gasteiger partial charge in [0.05, 0.1) is 28.3 Å². The highest BCUT2D eigenvalue weighted by Gasteiger charge is 1.99. The van der Waals surface area contributed by atoms with Crippen LogP contribution in [0.3, 0.4) is 0 Å². The van der Waals surface area contributed by atoms with Crippen LogP contribution in [0.4, 0.5) is 0 Å². The van der Waals surface area contributed by atoms with E-state index in [-0.39, 0.29) is 5.75 Å². The maximum absolute atomic E-state index is 8.79. The van der Waals surface area contributed by atoms with E-state index in [4.69, 9.17) is 32.0 Å². The second-order valence-corrected chi connectivity index (χ2v) is 5.15. The van der Waals surface area contributed by atoms with Crippen LogP contribution in [0.5, 0.6) is 17.4 Å². The molecule has 0 aliphatic rings. The molecule has 0 atom stereocenters. The second-order valence-electron chi connectivity index (χ2n) is 4.72. The number of aromatic hydroxyl groups is 1. The van der Waals surface area contributed by atoms with E-state index in [9.17, 15) is 0 Å². The third kappa shape index (κ3) is 5.87. The Labute approximate surface area is 149 Å². The molecule has 0 saturated carbocycles. The van der Waals surface area contributed by atoms with Crippen molar-refractivity contribution >= 4 is 11.6 Å². The summed E-state index contributed by atoms with van der Waals surface area (Å²) in [5.74, 6) is 1.16. The quantitative estimate of drug-likeness (QED) is 0.726. The van der Waals surface area contributed by atoms with Gasteiger partial charge in [0.2, 0.25) is 5.88 Å². The van der Waals surface area contributed by atoms with E-state index in [2.05, 4.69) is 4.98 Å². The summed E-state index contributed by atoms with van der Waals surface area (Å²) in [6.45, 7) is 0. The molecule has 1 heterocycles. The summed E-state index contributed by atoms with van der Waals surface area (Å²) < 4.78 is 5.45. The van der Waals surface area contributed by atoms with E-state index in [0.29, 0.717) is 27.8 Å². The number of hydrogen-bond donors (Lipinski definition) is 1. The fourth-order valence-electron chi connectivity index (χ4n) is 1.75. The number of ether oxygens (including phenoxy) is 1. The van der Waals surface area contributed by atoms with E-state index in [1.54, 1.807) is 48.5 Å². The Morgan fingerprint density at radius 1 is 0.920 bits per heavy atom. The molecule has 3 rings (SSSR count). The minimum atomic E-state index is 0.133. The number of phenolic OH excluding ortho intramolecular Hbond substituents is 1. The van der Waals surface area contributed by atoms with E-state index >= 15 is 0 Å². The van der Waals surface area contributed by atoms with Crippen LogP contribution in [0.25, 0.3) is 0 Å². The molecule has 6 heteroatoms. The van der Waals surface area contributed by atoms with Gasteiger partial charge in [-0.05, 0) is 42.5 Å². The van der Waals surface area contributed by atoms with Crippen molar-refractivity contribution in [2.45, 2.75) is 0 Å². The molecule has 0 bridgehead atoms. The molecule has 0 amide bonds. The van der Waals surface area contributed by atoms with Crippen molar-refractivity contribution in [3.8, 4) is 29.5 Å². The first-order chi connectivity index (χ1) is 12.1. The molecule has 2 aromatic carbocycles. The number of halogens is 1. The minimum absolute atomic E-state index is 0.133. The molecular formula is C19H12ClN3O2. The minimum Gasteiger partial charge on any atom is -0.508 e. The van der Waals surface area contributed by atoms with E-state index in [0.717, 1.165) is 0 Å². The molecular weight excluding hydrogens is 338 g/mol. The monoisotopic (exact) mass is 349 g/mol. The maximum atomic E-state index is 8.79. The predicted molar refractivity (Wildman–Crippen MR) is 93.3 cm³/mol. The Hall–Kier alpha value is -3.54. The van der Waals surface area contributed by atoms with Gasteiger partial charge in [-0.3, -0.25) is 0 Å². The lowest BCUT2D eigenvalue weighted by atomic mass is 10.2. The van der Waals surface area contributed by atoms with E-state index < -0.39 is 0 Å². The molecule has 0 radical (unpaired) electrons. The third-order valence-electron chi connectivity index (χ3n) is 2.86. The largest absolute Gasteiger partial charge is 0.508 e. The van der Waals surface area contributed by atoms with Crippen molar-refractivity contribution in [3.05, 3.63) is 83.0 Å².